The van der Waals surface area contributed by atoms with E-state index >= 15 is 0 Å². The highest BCUT2D eigenvalue weighted by atomic mass is 16.5. The number of aromatic nitrogens is 3. The minimum absolute atomic E-state index is 0.0138. The molecule has 0 unspecified atom stereocenters. The molecule has 0 aliphatic heterocycles. The van der Waals surface area contributed by atoms with Crippen molar-refractivity contribution in [2.75, 3.05) is 6.54 Å². The van der Waals surface area contributed by atoms with Gasteiger partial charge in [-0.25, -0.2) is 0 Å². The highest BCUT2D eigenvalue weighted by molar-refractivity contribution is 5.97. The molecule has 1 amide bonds. The highest BCUT2D eigenvalue weighted by Gasteiger charge is 2.15. The first-order chi connectivity index (χ1) is 21.2. The topological polar surface area (TPSA) is 100 Å². The van der Waals surface area contributed by atoms with Crippen molar-refractivity contribution >= 4 is 16.8 Å². The standard InChI is InChI=1S/C36H32N4O3/c41-35-14-5-4-12-29(35)36(42)38-20-7-6-13-33-32-21-30(27-11-8-19-37-23-27)31(22-34(32)40-39-33)26-15-17-28(18-16-26)43-24-25-9-2-1-3-10-25/h1-5,8-12,14-19,21-23,41H,6-7,13,20,24H2,(H,38,42)(H,39,40). The summed E-state index contributed by atoms with van der Waals surface area (Å²) in [5, 5.41) is 21.7. The van der Waals surface area contributed by atoms with Crippen LogP contribution in [0.1, 0.15) is 34.5 Å². The first-order valence-corrected chi connectivity index (χ1v) is 14.4. The molecular formula is C36H32N4O3. The van der Waals surface area contributed by atoms with E-state index in [1.165, 1.54) is 6.07 Å². The number of hydrogen-bond acceptors (Lipinski definition) is 5. The molecule has 2 heterocycles. The summed E-state index contributed by atoms with van der Waals surface area (Å²) in [7, 11) is 0. The fraction of sp³-hybridized carbons (Fsp3) is 0.139. The third-order valence-electron chi connectivity index (χ3n) is 7.45. The first kappa shape index (κ1) is 27.7. The normalized spacial score (nSPS) is 11.0. The van der Waals surface area contributed by atoms with E-state index in [4.69, 9.17) is 4.74 Å². The van der Waals surface area contributed by atoms with Gasteiger partial charge < -0.3 is 15.2 Å². The largest absolute Gasteiger partial charge is 0.507 e. The molecule has 3 N–H and O–H groups in total. The second-order valence-electron chi connectivity index (χ2n) is 10.4. The molecule has 0 saturated heterocycles. The second kappa shape index (κ2) is 13.0. The number of carbonyl (C=O) groups excluding carboxylic acids is 1. The molecule has 6 rings (SSSR count). The molecule has 0 aliphatic carbocycles. The zero-order valence-corrected chi connectivity index (χ0v) is 23.7. The molecular weight excluding hydrogens is 536 g/mol. The number of para-hydroxylation sites is 1. The molecule has 0 bridgehead atoms. The maximum absolute atomic E-state index is 12.4. The lowest BCUT2D eigenvalue weighted by Gasteiger charge is -2.12. The average Bonchev–Trinajstić information content (AvgIpc) is 3.46. The van der Waals surface area contributed by atoms with Gasteiger partial charge >= 0.3 is 0 Å². The van der Waals surface area contributed by atoms with Crippen LogP contribution in [0.25, 0.3) is 33.2 Å². The summed E-state index contributed by atoms with van der Waals surface area (Å²) in [6.45, 7) is 1.04. The van der Waals surface area contributed by atoms with E-state index in [9.17, 15) is 9.90 Å². The van der Waals surface area contributed by atoms with E-state index in [1.807, 2.05) is 42.6 Å². The van der Waals surface area contributed by atoms with Gasteiger partial charge in [-0.3, -0.25) is 14.9 Å². The number of phenolic OH excluding ortho intramolecular Hbond substituents is 1. The molecule has 7 heteroatoms. The summed E-state index contributed by atoms with van der Waals surface area (Å²) in [6.07, 6.45) is 6.12. The molecule has 0 spiro atoms. The van der Waals surface area contributed by atoms with Crippen molar-refractivity contribution in [2.24, 2.45) is 0 Å². The summed E-state index contributed by atoms with van der Waals surface area (Å²) in [6, 6.07) is 33.2. The Balaban J connectivity index is 1.17. The summed E-state index contributed by atoms with van der Waals surface area (Å²) < 4.78 is 6.01. The Bertz CT molecular complexity index is 1820. The zero-order chi connectivity index (χ0) is 29.4. The zero-order valence-electron chi connectivity index (χ0n) is 23.7. The molecule has 0 radical (unpaired) electrons. The van der Waals surface area contributed by atoms with Crippen molar-refractivity contribution in [2.45, 2.75) is 25.9 Å². The van der Waals surface area contributed by atoms with Crippen molar-refractivity contribution in [3.05, 3.63) is 132 Å². The number of carbonyl (C=O) groups is 1. The van der Waals surface area contributed by atoms with Crippen LogP contribution in [0.4, 0.5) is 0 Å². The quantitative estimate of drug-likeness (QED) is 0.142. The Kier molecular flexibility index (Phi) is 8.41. The first-order valence-electron chi connectivity index (χ1n) is 14.4. The number of hydrogen-bond donors (Lipinski definition) is 3. The van der Waals surface area contributed by atoms with Crippen molar-refractivity contribution < 1.29 is 14.6 Å². The van der Waals surface area contributed by atoms with Crippen LogP contribution >= 0.6 is 0 Å². The number of phenols is 1. The van der Waals surface area contributed by atoms with Crippen molar-refractivity contribution in [1.82, 2.24) is 20.5 Å². The monoisotopic (exact) mass is 568 g/mol. The smallest absolute Gasteiger partial charge is 0.255 e. The van der Waals surface area contributed by atoms with Crippen molar-refractivity contribution in [3.63, 3.8) is 0 Å². The van der Waals surface area contributed by atoms with E-state index in [0.29, 0.717) is 13.2 Å². The summed E-state index contributed by atoms with van der Waals surface area (Å²) in [5.74, 6) is 0.532. The molecule has 43 heavy (non-hydrogen) atoms. The Labute approximate surface area is 250 Å². The average molecular weight is 569 g/mol. The number of nitrogens with zero attached hydrogens (tertiary/aromatic N) is 2. The Morgan fingerprint density at radius 2 is 1.63 bits per heavy atom. The minimum Gasteiger partial charge on any atom is -0.507 e. The van der Waals surface area contributed by atoms with E-state index in [0.717, 1.165) is 69.4 Å². The fourth-order valence-corrected chi connectivity index (χ4v) is 5.16. The molecule has 0 aliphatic rings. The van der Waals surface area contributed by atoms with Gasteiger partial charge in [-0.2, -0.15) is 5.10 Å². The number of rotatable bonds is 11. The van der Waals surface area contributed by atoms with E-state index < -0.39 is 0 Å². The van der Waals surface area contributed by atoms with Gasteiger partial charge in [0.05, 0.1) is 11.1 Å². The van der Waals surface area contributed by atoms with Crippen LogP contribution in [-0.4, -0.2) is 32.7 Å². The van der Waals surface area contributed by atoms with Crippen LogP contribution in [0.5, 0.6) is 11.5 Å². The maximum Gasteiger partial charge on any atom is 0.255 e. The number of aromatic hydroxyl groups is 1. The molecule has 0 saturated carbocycles. The molecule has 0 fully saturated rings. The summed E-state index contributed by atoms with van der Waals surface area (Å²) >= 11 is 0. The van der Waals surface area contributed by atoms with E-state index in [2.05, 4.69) is 63.0 Å². The number of pyridine rings is 1. The Hall–Kier alpha value is -5.43. The molecule has 2 aromatic heterocycles. The number of nitrogens with one attached hydrogen (secondary N) is 2. The number of fused-ring (bicyclic) bond motifs is 1. The van der Waals surface area contributed by atoms with E-state index in [1.54, 1.807) is 24.4 Å². The maximum atomic E-state index is 12.4. The molecule has 214 valence electrons. The molecule has 4 aromatic carbocycles. The fourth-order valence-electron chi connectivity index (χ4n) is 5.16. The van der Waals surface area contributed by atoms with Gasteiger partial charge in [0.2, 0.25) is 0 Å². The molecule has 6 aromatic rings. The lowest BCUT2D eigenvalue weighted by Crippen LogP contribution is -2.24. The number of aromatic amines is 1. The third-order valence-corrected chi connectivity index (χ3v) is 7.45. The van der Waals surface area contributed by atoms with Gasteiger partial charge in [0.15, 0.2) is 0 Å². The number of benzene rings is 4. The van der Waals surface area contributed by atoms with Crippen molar-refractivity contribution in [1.29, 1.82) is 0 Å². The van der Waals surface area contributed by atoms with Crippen LogP contribution < -0.4 is 10.1 Å². The third kappa shape index (κ3) is 6.57. The van der Waals surface area contributed by atoms with Crippen molar-refractivity contribution in [3.8, 4) is 33.8 Å². The summed E-state index contributed by atoms with van der Waals surface area (Å²) in [5.41, 5.74) is 7.62. The lowest BCUT2D eigenvalue weighted by atomic mass is 9.93. The molecule has 0 atom stereocenters. The Morgan fingerprint density at radius 1 is 0.837 bits per heavy atom. The SMILES string of the molecule is O=C(NCCCCc1[nH]nc2cc(-c3ccc(OCc4ccccc4)cc3)c(-c3cccnc3)cc12)c1ccccc1O. The minimum atomic E-state index is -0.269. The van der Waals surface area contributed by atoms with Gasteiger partial charge in [0, 0.05) is 35.6 Å². The van der Waals surface area contributed by atoms with Gasteiger partial charge in [0.25, 0.3) is 5.91 Å². The van der Waals surface area contributed by atoms with Gasteiger partial charge in [0.1, 0.15) is 18.1 Å². The lowest BCUT2D eigenvalue weighted by molar-refractivity contribution is 0.0950. The van der Waals surface area contributed by atoms with Gasteiger partial charge in [-0.1, -0.05) is 60.7 Å². The number of ether oxygens (including phenoxy) is 1. The number of unbranched alkanes of at least 4 members (excludes halogenated alkanes) is 1. The second-order valence-corrected chi connectivity index (χ2v) is 10.4. The van der Waals surface area contributed by atoms with Gasteiger partial charge in [-0.15, -0.1) is 0 Å². The van der Waals surface area contributed by atoms with Crippen LogP contribution in [0, 0.1) is 0 Å². The molecule has 7 nitrogen and oxygen atoms in total. The van der Waals surface area contributed by atoms with E-state index in [-0.39, 0.29) is 17.2 Å². The van der Waals surface area contributed by atoms with Crippen LogP contribution in [0.15, 0.2) is 116 Å². The predicted molar refractivity (Wildman–Crippen MR) is 169 cm³/mol. The number of aryl methyl sites for hydroxylation is 1. The van der Waals surface area contributed by atoms with Crippen LogP contribution in [0.2, 0.25) is 0 Å². The van der Waals surface area contributed by atoms with Crippen LogP contribution in [0.3, 0.4) is 0 Å². The number of H-pyrrole nitrogens is 1. The Morgan fingerprint density at radius 3 is 2.42 bits per heavy atom. The van der Waals surface area contributed by atoms with Crippen LogP contribution in [-0.2, 0) is 13.0 Å². The number of amides is 1. The summed E-state index contributed by atoms with van der Waals surface area (Å²) in [4.78, 5) is 16.7. The highest BCUT2D eigenvalue weighted by Crippen LogP contribution is 2.36. The predicted octanol–water partition coefficient (Wildman–Crippen LogP) is 7.33. The van der Waals surface area contributed by atoms with Gasteiger partial charge in [-0.05, 0) is 84.0 Å².